The summed E-state index contributed by atoms with van der Waals surface area (Å²) in [6.45, 7) is 2.64. The van der Waals surface area contributed by atoms with Crippen LogP contribution in [0.3, 0.4) is 0 Å². The van der Waals surface area contributed by atoms with E-state index in [0.717, 1.165) is 11.1 Å². The van der Waals surface area contributed by atoms with Crippen molar-refractivity contribution in [3.63, 3.8) is 0 Å². The fourth-order valence-corrected chi connectivity index (χ4v) is 3.14. The minimum absolute atomic E-state index is 0.0633. The van der Waals surface area contributed by atoms with Gasteiger partial charge in [-0.05, 0) is 49.7 Å². The average molecular weight is 314 g/mol. The van der Waals surface area contributed by atoms with Crippen LogP contribution in [0.5, 0.6) is 0 Å². The molecule has 0 spiro atoms. The maximum absolute atomic E-state index is 12.0. The molecule has 3 nitrogen and oxygen atoms in total. The van der Waals surface area contributed by atoms with Crippen molar-refractivity contribution in [2.75, 3.05) is 20.6 Å². The minimum Gasteiger partial charge on any atom is -0.351 e. The smallest absolute Gasteiger partial charge is 0.244 e. The number of nitrogens with one attached hydrogen (secondary N) is 1. The van der Waals surface area contributed by atoms with Gasteiger partial charge in [0.25, 0.3) is 0 Å². The van der Waals surface area contributed by atoms with Crippen LogP contribution in [0.2, 0.25) is 0 Å². The monoisotopic (exact) mass is 314 g/mol. The summed E-state index contributed by atoms with van der Waals surface area (Å²) >= 11 is 1.71. The molecule has 1 aromatic heterocycles. The van der Waals surface area contributed by atoms with E-state index in [1.54, 1.807) is 17.4 Å². The maximum Gasteiger partial charge on any atom is 0.244 e. The van der Waals surface area contributed by atoms with E-state index in [1.165, 1.54) is 4.88 Å². The number of thiophene rings is 1. The lowest BCUT2D eigenvalue weighted by Crippen LogP contribution is -2.33. The van der Waals surface area contributed by atoms with E-state index in [1.807, 2.05) is 57.4 Å². The number of rotatable bonds is 6. The molecule has 22 heavy (non-hydrogen) atoms. The minimum atomic E-state index is -0.0633. The number of benzene rings is 1. The van der Waals surface area contributed by atoms with Gasteiger partial charge in [0, 0.05) is 17.5 Å². The Morgan fingerprint density at radius 3 is 2.68 bits per heavy atom. The Balaban J connectivity index is 1.93. The number of likely N-dealkylation sites (N-methyl/N-ethyl adjacent to an activating group) is 1. The van der Waals surface area contributed by atoms with E-state index in [-0.39, 0.29) is 11.9 Å². The van der Waals surface area contributed by atoms with Crippen molar-refractivity contribution in [2.45, 2.75) is 13.0 Å². The summed E-state index contributed by atoms with van der Waals surface area (Å²) in [5.41, 5.74) is 2.23. The van der Waals surface area contributed by atoms with Crippen LogP contribution >= 0.6 is 11.3 Å². The summed E-state index contributed by atoms with van der Waals surface area (Å²) in [7, 11) is 4.05. The quantitative estimate of drug-likeness (QED) is 0.828. The third-order valence-corrected chi connectivity index (χ3v) is 4.54. The molecule has 1 aromatic carbocycles. The molecule has 1 amide bonds. The molecular weight excluding hydrogens is 292 g/mol. The number of aryl methyl sites for hydroxylation is 1. The zero-order chi connectivity index (χ0) is 15.9. The van der Waals surface area contributed by atoms with Crippen LogP contribution < -0.4 is 5.32 Å². The van der Waals surface area contributed by atoms with Gasteiger partial charge in [0.05, 0.1) is 6.04 Å². The van der Waals surface area contributed by atoms with E-state index in [0.29, 0.717) is 6.54 Å². The Morgan fingerprint density at radius 1 is 1.27 bits per heavy atom. The first-order chi connectivity index (χ1) is 10.6. The second kappa shape index (κ2) is 7.92. The van der Waals surface area contributed by atoms with Crippen LogP contribution in [0.15, 0.2) is 47.9 Å². The topological polar surface area (TPSA) is 32.3 Å². The van der Waals surface area contributed by atoms with Gasteiger partial charge in [0.1, 0.15) is 0 Å². The number of hydrogen-bond acceptors (Lipinski definition) is 3. The highest BCUT2D eigenvalue weighted by molar-refractivity contribution is 7.10. The van der Waals surface area contributed by atoms with Crippen molar-refractivity contribution < 1.29 is 4.79 Å². The molecule has 1 atom stereocenters. The molecule has 1 N–H and O–H groups in total. The number of hydrogen-bond donors (Lipinski definition) is 1. The predicted octanol–water partition coefficient (Wildman–Crippen LogP) is 3.49. The Labute approximate surface area is 136 Å². The van der Waals surface area contributed by atoms with Crippen molar-refractivity contribution in [1.29, 1.82) is 0 Å². The second-order valence-corrected chi connectivity index (χ2v) is 6.41. The number of carbonyl (C=O) groups is 1. The van der Waals surface area contributed by atoms with Crippen LogP contribution in [-0.4, -0.2) is 31.4 Å². The van der Waals surface area contributed by atoms with E-state index < -0.39 is 0 Å². The van der Waals surface area contributed by atoms with Gasteiger partial charge in [0.15, 0.2) is 0 Å². The van der Waals surface area contributed by atoms with Gasteiger partial charge in [-0.25, -0.2) is 0 Å². The molecule has 0 aliphatic carbocycles. The molecular formula is C18H22N2OS. The zero-order valence-corrected chi connectivity index (χ0v) is 14.1. The lowest BCUT2D eigenvalue weighted by molar-refractivity contribution is -0.116. The standard InChI is InChI=1S/C18H22N2OS/c1-14-7-4-5-8-15(14)10-11-18(21)19-13-16(20(2)3)17-9-6-12-22-17/h4-12,16H,13H2,1-3H3,(H,19,21)/b11-10+. The van der Waals surface area contributed by atoms with Gasteiger partial charge in [-0.1, -0.05) is 30.3 Å². The molecule has 1 unspecified atom stereocenters. The first-order valence-electron chi connectivity index (χ1n) is 7.29. The lowest BCUT2D eigenvalue weighted by Gasteiger charge is -2.23. The van der Waals surface area contributed by atoms with Crippen LogP contribution in [0.1, 0.15) is 22.0 Å². The molecule has 2 rings (SSSR count). The highest BCUT2D eigenvalue weighted by Crippen LogP contribution is 2.22. The van der Waals surface area contributed by atoms with Crippen molar-refractivity contribution in [1.82, 2.24) is 10.2 Å². The predicted molar refractivity (Wildman–Crippen MR) is 94.0 cm³/mol. The first-order valence-corrected chi connectivity index (χ1v) is 8.17. The highest BCUT2D eigenvalue weighted by atomic mass is 32.1. The fraction of sp³-hybridized carbons (Fsp3) is 0.278. The Kier molecular flexibility index (Phi) is 5.92. The molecule has 116 valence electrons. The molecule has 1 heterocycles. The lowest BCUT2D eigenvalue weighted by atomic mass is 10.1. The summed E-state index contributed by atoms with van der Waals surface area (Å²) in [5.74, 6) is -0.0633. The van der Waals surface area contributed by atoms with Gasteiger partial charge in [-0.3, -0.25) is 4.79 Å². The number of nitrogens with zero attached hydrogens (tertiary/aromatic N) is 1. The molecule has 0 radical (unpaired) electrons. The molecule has 0 aliphatic rings. The highest BCUT2D eigenvalue weighted by Gasteiger charge is 2.15. The molecule has 2 aromatic rings. The molecule has 0 bridgehead atoms. The Bertz CT molecular complexity index is 632. The van der Waals surface area contributed by atoms with Crippen LogP contribution in [-0.2, 0) is 4.79 Å². The van der Waals surface area contributed by atoms with Gasteiger partial charge in [-0.2, -0.15) is 0 Å². The SMILES string of the molecule is Cc1ccccc1/C=C/C(=O)NCC(c1cccs1)N(C)C. The molecule has 4 heteroatoms. The summed E-state index contributed by atoms with van der Waals surface area (Å²) in [6, 6.07) is 12.4. The summed E-state index contributed by atoms with van der Waals surface area (Å²) in [4.78, 5) is 15.4. The number of carbonyl (C=O) groups excluding carboxylic acids is 1. The second-order valence-electron chi connectivity index (χ2n) is 5.43. The molecule has 0 fully saturated rings. The van der Waals surface area contributed by atoms with Crippen LogP contribution in [0.4, 0.5) is 0 Å². The summed E-state index contributed by atoms with van der Waals surface area (Å²) in [5, 5.41) is 5.04. The van der Waals surface area contributed by atoms with Gasteiger partial charge >= 0.3 is 0 Å². The molecule has 0 aliphatic heterocycles. The van der Waals surface area contributed by atoms with Gasteiger partial charge < -0.3 is 10.2 Å². The maximum atomic E-state index is 12.0. The van der Waals surface area contributed by atoms with Gasteiger partial charge in [-0.15, -0.1) is 11.3 Å². The largest absolute Gasteiger partial charge is 0.351 e. The van der Waals surface area contributed by atoms with Crippen molar-refractivity contribution in [3.05, 3.63) is 63.9 Å². The normalized spacial score (nSPS) is 12.7. The Hall–Kier alpha value is -1.91. The summed E-state index contributed by atoms with van der Waals surface area (Å²) < 4.78 is 0. The Morgan fingerprint density at radius 2 is 2.05 bits per heavy atom. The van der Waals surface area contributed by atoms with E-state index in [2.05, 4.69) is 21.7 Å². The number of amides is 1. The van der Waals surface area contributed by atoms with E-state index in [9.17, 15) is 4.79 Å². The zero-order valence-electron chi connectivity index (χ0n) is 13.2. The third-order valence-electron chi connectivity index (χ3n) is 3.57. The van der Waals surface area contributed by atoms with Crippen LogP contribution in [0, 0.1) is 6.92 Å². The first kappa shape index (κ1) is 16.5. The third kappa shape index (κ3) is 4.55. The van der Waals surface area contributed by atoms with Crippen molar-refractivity contribution in [3.8, 4) is 0 Å². The average Bonchev–Trinajstić information content (AvgIpc) is 3.00. The van der Waals surface area contributed by atoms with E-state index in [4.69, 9.17) is 0 Å². The molecule has 0 saturated carbocycles. The van der Waals surface area contributed by atoms with Crippen molar-refractivity contribution >= 4 is 23.3 Å². The fourth-order valence-electron chi connectivity index (χ4n) is 2.21. The van der Waals surface area contributed by atoms with Gasteiger partial charge in [0.2, 0.25) is 5.91 Å². The van der Waals surface area contributed by atoms with Crippen LogP contribution in [0.25, 0.3) is 6.08 Å². The van der Waals surface area contributed by atoms with E-state index >= 15 is 0 Å². The molecule has 0 saturated heterocycles. The van der Waals surface area contributed by atoms with Crippen molar-refractivity contribution in [2.24, 2.45) is 0 Å². The summed E-state index contributed by atoms with van der Waals surface area (Å²) in [6.07, 6.45) is 3.46.